The minimum absolute atomic E-state index is 0.0454. The van der Waals surface area contributed by atoms with E-state index in [1.54, 1.807) is 11.8 Å². The van der Waals surface area contributed by atoms with E-state index in [0.717, 1.165) is 37.8 Å². The highest BCUT2D eigenvalue weighted by Gasteiger charge is 2.43. The molecule has 0 bridgehead atoms. The van der Waals surface area contributed by atoms with Crippen molar-refractivity contribution in [3.8, 4) is 0 Å². The maximum atomic E-state index is 13.4. The number of rotatable bonds is 3. The smallest absolute Gasteiger partial charge is 0.250 e. The van der Waals surface area contributed by atoms with Crippen LogP contribution in [0.4, 0.5) is 5.69 Å². The Morgan fingerprint density at radius 1 is 1.00 bits per heavy atom. The fourth-order valence-corrected chi connectivity index (χ4v) is 4.07. The van der Waals surface area contributed by atoms with Crippen LogP contribution in [0.3, 0.4) is 0 Å². The third-order valence-corrected chi connectivity index (χ3v) is 5.75. The molecule has 0 atom stereocenters. The molecule has 1 saturated heterocycles. The average molecular weight is 386 g/mol. The number of carbonyl (C=O) groups excluding carboxylic acids is 2. The lowest BCUT2D eigenvalue weighted by atomic mass is 9.81. The van der Waals surface area contributed by atoms with Gasteiger partial charge in [0.2, 0.25) is 5.91 Å². The Labute approximate surface area is 167 Å². The van der Waals surface area contributed by atoms with Crippen LogP contribution >= 0.6 is 0 Å². The van der Waals surface area contributed by atoms with Crippen LogP contribution in [0.1, 0.15) is 44.6 Å². The molecule has 3 rings (SSSR count). The summed E-state index contributed by atoms with van der Waals surface area (Å²) in [5, 5.41) is 3.13. The minimum atomic E-state index is -0.793. The van der Waals surface area contributed by atoms with Crippen molar-refractivity contribution >= 4 is 23.5 Å². The van der Waals surface area contributed by atoms with E-state index in [4.69, 9.17) is 10.7 Å². The van der Waals surface area contributed by atoms with Crippen molar-refractivity contribution in [1.29, 1.82) is 0 Å². The summed E-state index contributed by atoms with van der Waals surface area (Å²) >= 11 is 0. The Kier molecular flexibility index (Phi) is 6.21. The predicted molar refractivity (Wildman–Crippen MR) is 111 cm³/mol. The number of hydrogen-bond acceptors (Lipinski definition) is 3. The number of nitrogens with zero attached hydrogens (tertiary/aromatic N) is 3. The first-order valence-corrected chi connectivity index (χ1v) is 10.1. The molecule has 1 aliphatic carbocycles. The zero-order valence-corrected chi connectivity index (χ0v) is 16.9. The molecule has 3 N–H and O–H groups in total. The summed E-state index contributed by atoms with van der Waals surface area (Å²) in [6.45, 7) is 5.88. The largest absolute Gasteiger partial charge is 0.370 e. The number of aliphatic imine (C=N–C) groups is 1. The number of hydrogen-bond donors (Lipinski definition) is 2. The van der Waals surface area contributed by atoms with Gasteiger partial charge in [-0.3, -0.25) is 9.59 Å². The molecule has 2 aliphatic rings. The number of guanidine groups is 1. The SMILES string of the molecule is CC(=O)N1CCN(C(=O)C2(N=C(N)Nc3ccc(C)cc3)CCCCC2)CC1. The molecule has 7 heteroatoms. The standard InChI is InChI=1S/C21H31N5O2/c1-16-6-8-18(9-7-16)23-20(22)24-21(10-4-3-5-11-21)19(28)26-14-12-25(13-15-26)17(2)27/h6-9H,3-5,10-15H2,1-2H3,(H3,22,23,24). The van der Waals surface area contributed by atoms with Crippen LogP contribution in [0.5, 0.6) is 0 Å². The number of nitrogens with one attached hydrogen (secondary N) is 1. The van der Waals surface area contributed by atoms with Gasteiger partial charge in [-0.05, 0) is 31.9 Å². The van der Waals surface area contributed by atoms with Crippen molar-refractivity contribution in [3.63, 3.8) is 0 Å². The number of anilines is 1. The van der Waals surface area contributed by atoms with Gasteiger partial charge in [0.1, 0.15) is 5.54 Å². The zero-order valence-electron chi connectivity index (χ0n) is 16.9. The quantitative estimate of drug-likeness (QED) is 0.616. The van der Waals surface area contributed by atoms with Crippen molar-refractivity contribution in [2.45, 2.75) is 51.5 Å². The fraction of sp³-hybridized carbons (Fsp3) is 0.571. The molecule has 7 nitrogen and oxygen atoms in total. The molecular weight excluding hydrogens is 354 g/mol. The van der Waals surface area contributed by atoms with Crippen LogP contribution in [-0.4, -0.2) is 59.3 Å². The van der Waals surface area contributed by atoms with Gasteiger partial charge in [0.05, 0.1) is 0 Å². The Hall–Kier alpha value is -2.57. The van der Waals surface area contributed by atoms with Crippen LogP contribution in [-0.2, 0) is 9.59 Å². The Morgan fingerprint density at radius 2 is 1.57 bits per heavy atom. The fourth-order valence-electron chi connectivity index (χ4n) is 4.07. The summed E-state index contributed by atoms with van der Waals surface area (Å²) in [6.07, 6.45) is 4.50. The maximum absolute atomic E-state index is 13.4. The number of benzene rings is 1. The topological polar surface area (TPSA) is 91.0 Å². The van der Waals surface area contributed by atoms with E-state index >= 15 is 0 Å². The van der Waals surface area contributed by atoms with Crippen LogP contribution in [0.2, 0.25) is 0 Å². The van der Waals surface area contributed by atoms with Crippen molar-refractivity contribution < 1.29 is 9.59 Å². The molecule has 1 saturated carbocycles. The highest BCUT2D eigenvalue weighted by Crippen LogP contribution is 2.34. The summed E-state index contributed by atoms with van der Waals surface area (Å²) in [5.74, 6) is 0.384. The van der Waals surface area contributed by atoms with Gasteiger partial charge in [0, 0.05) is 38.8 Å². The second-order valence-electron chi connectivity index (χ2n) is 7.88. The maximum Gasteiger partial charge on any atom is 0.250 e. The molecule has 0 aromatic heterocycles. The minimum Gasteiger partial charge on any atom is -0.370 e. The number of carbonyl (C=O) groups is 2. The molecule has 0 radical (unpaired) electrons. The van der Waals surface area contributed by atoms with Crippen molar-refractivity contribution in [3.05, 3.63) is 29.8 Å². The lowest BCUT2D eigenvalue weighted by Crippen LogP contribution is -2.56. The van der Waals surface area contributed by atoms with Crippen molar-refractivity contribution in [1.82, 2.24) is 9.80 Å². The summed E-state index contributed by atoms with van der Waals surface area (Å²) in [7, 11) is 0. The van der Waals surface area contributed by atoms with E-state index in [-0.39, 0.29) is 17.8 Å². The molecule has 0 unspecified atom stereocenters. The molecule has 28 heavy (non-hydrogen) atoms. The third-order valence-electron chi connectivity index (χ3n) is 5.75. The number of nitrogens with two attached hydrogens (primary N) is 1. The first kappa shape index (κ1) is 20.2. The van der Waals surface area contributed by atoms with Gasteiger partial charge in [-0.1, -0.05) is 37.0 Å². The van der Waals surface area contributed by atoms with E-state index in [9.17, 15) is 9.59 Å². The lowest BCUT2D eigenvalue weighted by Gasteiger charge is -2.41. The molecule has 2 amide bonds. The van der Waals surface area contributed by atoms with E-state index in [0.29, 0.717) is 26.2 Å². The van der Waals surface area contributed by atoms with Gasteiger partial charge in [-0.2, -0.15) is 0 Å². The highest BCUT2D eigenvalue weighted by atomic mass is 16.2. The van der Waals surface area contributed by atoms with Gasteiger partial charge in [-0.15, -0.1) is 0 Å². The zero-order chi connectivity index (χ0) is 20.1. The summed E-state index contributed by atoms with van der Waals surface area (Å²) < 4.78 is 0. The van der Waals surface area contributed by atoms with Gasteiger partial charge < -0.3 is 20.9 Å². The normalized spacial score (nSPS) is 20.0. The Balaban J connectivity index is 1.75. The van der Waals surface area contributed by atoms with E-state index in [1.807, 2.05) is 36.1 Å². The first-order valence-electron chi connectivity index (χ1n) is 10.1. The average Bonchev–Trinajstić information content (AvgIpc) is 2.70. The molecule has 152 valence electrons. The second-order valence-corrected chi connectivity index (χ2v) is 7.88. The molecule has 1 heterocycles. The summed E-state index contributed by atoms with van der Waals surface area (Å²) in [6, 6.07) is 7.92. The molecular formula is C21H31N5O2. The van der Waals surface area contributed by atoms with Gasteiger partial charge in [0.25, 0.3) is 5.91 Å². The Bertz CT molecular complexity index is 730. The lowest BCUT2D eigenvalue weighted by molar-refractivity contribution is -0.143. The molecule has 1 aromatic carbocycles. The van der Waals surface area contributed by atoms with E-state index < -0.39 is 5.54 Å². The van der Waals surface area contributed by atoms with E-state index in [2.05, 4.69) is 5.32 Å². The van der Waals surface area contributed by atoms with E-state index in [1.165, 1.54) is 5.56 Å². The molecule has 1 aromatic rings. The second kappa shape index (κ2) is 8.63. The van der Waals surface area contributed by atoms with Crippen LogP contribution in [0.25, 0.3) is 0 Å². The van der Waals surface area contributed by atoms with Gasteiger partial charge in [0.15, 0.2) is 5.96 Å². The molecule has 0 spiro atoms. The third kappa shape index (κ3) is 4.64. The van der Waals surface area contributed by atoms with Crippen molar-refractivity contribution in [2.24, 2.45) is 10.7 Å². The monoisotopic (exact) mass is 385 g/mol. The summed E-state index contributed by atoms with van der Waals surface area (Å²) in [4.78, 5) is 33.3. The number of aryl methyl sites for hydroxylation is 1. The molecule has 2 fully saturated rings. The molecule has 1 aliphatic heterocycles. The van der Waals surface area contributed by atoms with Gasteiger partial charge in [-0.25, -0.2) is 4.99 Å². The summed E-state index contributed by atoms with van der Waals surface area (Å²) in [5.41, 5.74) is 7.44. The van der Waals surface area contributed by atoms with Crippen LogP contribution in [0, 0.1) is 6.92 Å². The van der Waals surface area contributed by atoms with Crippen molar-refractivity contribution in [2.75, 3.05) is 31.5 Å². The Morgan fingerprint density at radius 3 is 2.14 bits per heavy atom. The number of piperazine rings is 1. The van der Waals surface area contributed by atoms with Crippen LogP contribution < -0.4 is 11.1 Å². The van der Waals surface area contributed by atoms with Gasteiger partial charge >= 0.3 is 0 Å². The van der Waals surface area contributed by atoms with Crippen LogP contribution in [0.15, 0.2) is 29.3 Å². The first-order chi connectivity index (χ1) is 13.4. The number of amides is 2. The predicted octanol–water partition coefficient (Wildman–Crippen LogP) is 2.12. The highest BCUT2D eigenvalue weighted by molar-refractivity contribution is 5.96.